The molecule has 5 nitrogen and oxygen atoms in total. The maximum atomic E-state index is 12.2. The van der Waals surface area contributed by atoms with Crippen molar-refractivity contribution in [2.75, 3.05) is 19.6 Å². The third kappa shape index (κ3) is 5.69. The zero-order chi connectivity index (χ0) is 15.8. The number of nitrogens with zero attached hydrogens (tertiary/aromatic N) is 2. The van der Waals surface area contributed by atoms with E-state index < -0.39 is 0 Å². The van der Waals surface area contributed by atoms with Crippen LogP contribution in [0.1, 0.15) is 35.0 Å². The lowest BCUT2D eigenvalue weighted by Crippen LogP contribution is -2.32. The Morgan fingerprint density at radius 2 is 1.91 bits per heavy atom. The minimum atomic E-state index is -0.0601. The lowest BCUT2D eigenvalue weighted by Gasteiger charge is -2.07. The van der Waals surface area contributed by atoms with Crippen LogP contribution in [0.15, 0.2) is 36.5 Å². The normalized spacial score (nSPS) is 10.2. The molecule has 0 saturated carbocycles. The molecule has 1 heterocycles. The van der Waals surface area contributed by atoms with Crippen molar-refractivity contribution >= 4 is 18.3 Å². The topological polar surface area (TPSA) is 58.9 Å². The van der Waals surface area contributed by atoms with Gasteiger partial charge in [-0.1, -0.05) is 37.3 Å². The molecule has 0 atom stereocenters. The Morgan fingerprint density at radius 1 is 1.17 bits per heavy atom. The molecule has 0 radical (unpaired) electrons. The summed E-state index contributed by atoms with van der Waals surface area (Å²) in [5.41, 5.74) is 2.71. The fraction of sp³-hybridized carbons (Fsp3) is 0.412. The number of carbonyl (C=O) groups is 1. The van der Waals surface area contributed by atoms with Crippen LogP contribution in [0.2, 0.25) is 0 Å². The molecule has 0 spiro atoms. The Morgan fingerprint density at radius 3 is 2.61 bits per heavy atom. The molecule has 0 aliphatic heterocycles. The number of aromatic nitrogens is 2. The van der Waals surface area contributed by atoms with E-state index in [1.165, 1.54) is 5.56 Å². The van der Waals surface area contributed by atoms with Gasteiger partial charge in [-0.15, -0.1) is 12.4 Å². The fourth-order valence-electron chi connectivity index (χ4n) is 2.25. The van der Waals surface area contributed by atoms with E-state index in [4.69, 9.17) is 0 Å². The fourth-order valence-corrected chi connectivity index (χ4v) is 2.25. The van der Waals surface area contributed by atoms with Crippen LogP contribution in [0, 0.1) is 6.92 Å². The van der Waals surface area contributed by atoms with Crippen LogP contribution in [0.4, 0.5) is 0 Å². The Balaban J connectivity index is 0.00000264. The first kappa shape index (κ1) is 19.2. The molecule has 1 aromatic carbocycles. The summed E-state index contributed by atoms with van der Waals surface area (Å²) in [5.74, 6) is -0.0601. The Kier molecular flexibility index (Phi) is 8.37. The van der Waals surface area contributed by atoms with Gasteiger partial charge < -0.3 is 10.6 Å². The molecule has 0 unspecified atom stereocenters. The molecule has 1 aromatic heterocycles. The number of hydrogen-bond acceptors (Lipinski definition) is 3. The van der Waals surface area contributed by atoms with E-state index in [0.717, 1.165) is 25.2 Å². The van der Waals surface area contributed by atoms with Crippen LogP contribution in [-0.4, -0.2) is 35.3 Å². The van der Waals surface area contributed by atoms with E-state index in [2.05, 4.69) is 34.8 Å². The summed E-state index contributed by atoms with van der Waals surface area (Å²) in [6.45, 7) is 7.12. The van der Waals surface area contributed by atoms with Crippen molar-refractivity contribution in [2.45, 2.75) is 26.8 Å². The van der Waals surface area contributed by atoms with Gasteiger partial charge in [0.15, 0.2) is 0 Å². The maximum Gasteiger partial charge on any atom is 0.254 e. The molecule has 23 heavy (non-hydrogen) atoms. The standard InChI is InChI=1S/C17H24N4O.ClH/c1-3-9-18-10-11-19-17(22)16-12-20-21(14(16)2)13-15-7-5-4-6-8-15;/h4-8,12,18H,3,9-11,13H2,1-2H3,(H,19,22);1H. The van der Waals surface area contributed by atoms with Crippen LogP contribution < -0.4 is 10.6 Å². The third-order valence-electron chi connectivity index (χ3n) is 3.54. The van der Waals surface area contributed by atoms with Crippen molar-refractivity contribution in [3.05, 3.63) is 53.3 Å². The van der Waals surface area contributed by atoms with E-state index in [0.29, 0.717) is 18.7 Å². The molecule has 0 aliphatic rings. The van der Waals surface area contributed by atoms with Crippen LogP contribution in [-0.2, 0) is 6.54 Å². The minimum Gasteiger partial charge on any atom is -0.351 e. The second-order valence-electron chi connectivity index (χ2n) is 5.29. The highest BCUT2D eigenvalue weighted by Crippen LogP contribution is 2.10. The van der Waals surface area contributed by atoms with Gasteiger partial charge in [0, 0.05) is 18.8 Å². The quantitative estimate of drug-likeness (QED) is 0.728. The van der Waals surface area contributed by atoms with E-state index >= 15 is 0 Å². The first-order valence-corrected chi connectivity index (χ1v) is 7.77. The van der Waals surface area contributed by atoms with E-state index in [-0.39, 0.29) is 18.3 Å². The van der Waals surface area contributed by atoms with Crippen molar-refractivity contribution in [3.63, 3.8) is 0 Å². The molecule has 0 saturated heterocycles. The molecule has 0 fully saturated rings. The number of benzene rings is 1. The number of nitrogens with one attached hydrogen (secondary N) is 2. The van der Waals surface area contributed by atoms with Gasteiger partial charge in [0.05, 0.1) is 18.3 Å². The predicted octanol–water partition coefficient (Wildman–Crippen LogP) is 2.39. The van der Waals surface area contributed by atoms with Gasteiger partial charge in [-0.05, 0) is 25.5 Å². The molecule has 6 heteroatoms. The van der Waals surface area contributed by atoms with Gasteiger partial charge in [-0.2, -0.15) is 5.10 Å². The summed E-state index contributed by atoms with van der Waals surface area (Å²) in [4.78, 5) is 12.2. The molecule has 1 amide bonds. The molecule has 0 aliphatic carbocycles. The highest BCUT2D eigenvalue weighted by atomic mass is 35.5. The Labute approximate surface area is 143 Å². The number of amides is 1. The van der Waals surface area contributed by atoms with Crippen LogP contribution in [0.3, 0.4) is 0 Å². The second kappa shape index (κ2) is 10.0. The molecule has 2 N–H and O–H groups in total. The highest BCUT2D eigenvalue weighted by Gasteiger charge is 2.13. The van der Waals surface area contributed by atoms with E-state index in [1.54, 1.807) is 6.20 Å². The van der Waals surface area contributed by atoms with Gasteiger partial charge in [0.2, 0.25) is 0 Å². The summed E-state index contributed by atoms with van der Waals surface area (Å²) in [5, 5.41) is 10.5. The van der Waals surface area contributed by atoms with Gasteiger partial charge in [0.25, 0.3) is 5.91 Å². The highest BCUT2D eigenvalue weighted by molar-refractivity contribution is 5.95. The zero-order valence-corrected chi connectivity index (χ0v) is 14.5. The van der Waals surface area contributed by atoms with Crippen molar-refractivity contribution in [2.24, 2.45) is 0 Å². The summed E-state index contributed by atoms with van der Waals surface area (Å²) < 4.78 is 1.86. The predicted molar refractivity (Wildman–Crippen MR) is 95.2 cm³/mol. The first-order valence-electron chi connectivity index (χ1n) is 7.77. The molecular formula is C17H25ClN4O. The number of rotatable bonds is 8. The Bertz CT molecular complexity index is 598. The van der Waals surface area contributed by atoms with Gasteiger partial charge in [-0.3, -0.25) is 9.48 Å². The maximum absolute atomic E-state index is 12.2. The summed E-state index contributed by atoms with van der Waals surface area (Å²) >= 11 is 0. The second-order valence-corrected chi connectivity index (χ2v) is 5.29. The summed E-state index contributed by atoms with van der Waals surface area (Å²) in [6.07, 6.45) is 2.74. The van der Waals surface area contributed by atoms with Gasteiger partial charge in [-0.25, -0.2) is 0 Å². The molecule has 126 valence electrons. The number of halogens is 1. The molecular weight excluding hydrogens is 312 g/mol. The summed E-state index contributed by atoms with van der Waals surface area (Å²) in [7, 11) is 0. The van der Waals surface area contributed by atoms with Crippen molar-refractivity contribution in [1.29, 1.82) is 0 Å². The summed E-state index contributed by atoms with van der Waals surface area (Å²) in [6, 6.07) is 10.1. The Hall–Kier alpha value is -1.85. The SMILES string of the molecule is CCCNCCNC(=O)c1cnn(Cc2ccccc2)c1C.Cl. The molecule has 2 rings (SSSR count). The van der Waals surface area contributed by atoms with Crippen molar-refractivity contribution < 1.29 is 4.79 Å². The van der Waals surface area contributed by atoms with Crippen LogP contribution in [0.5, 0.6) is 0 Å². The van der Waals surface area contributed by atoms with Gasteiger partial charge in [0.1, 0.15) is 0 Å². The van der Waals surface area contributed by atoms with Crippen LogP contribution >= 0.6 is 12.4 Å². The van der Waals surface area contributed by atoms with Crippen molar-refractivity contribution in [1.82, 2.24) is 20.4 Å². The minimum absolute atomic E-state index is 0. The van der Waals surface area contributed by atoms with Gasteiger partial charge >= 0.3 is 0 Å². The van der Waals surface area contributed by atoms with E-state index in [1.807, 2.05) is 29.8 Å². The third-order valence-corrected chi connectivity index (χ3v) is 3.54. The average Bonchev–Trinajstić information content (AvgIpc) is 2.89. The zero-order valence-electron chi connectivity index (χ0n) is 13.7. The van der Waals surface area contributed by atoms with E-state index in [9.17, 15) is 4.79 Å². The lowest BCUT2D eigenvalue weighted by atomic mass is 10.2. The largest absolute Gasteiger partial charge is 0.351 e. The van der Waals surface area contributed by atoms with Crippen LogP contribution in [0.25, 0.3) is 0 Å². The lowest BCUT2D eigenvalue weighted by molar-refractivity contribution is 0.0953. The average molecular weight is 337 g/mol. The van der Waals surface area contributed by atoms with Crippen molar-refractivity contribution in [3.8, 4) is 0 Å². The molecule has 2 aromatic rings. The number of hydrogen-bond donors (Lipinski definition) is 2. The number of carbonyl (C=O) groups excluding carboxylic acids is 1. The first-order chi connectivity index (χ1) is 10.7. The molecule has 0 bridgehead atoms. The monoisotopic (exact) mass is 336 g/mol. The smallest absolute Gasteiger partial charge is 0.254 e.